The average molecular weight is 460 g/mol. The molecule has 28 heavy (non-hydrogen) atoms. The van der Waals surface area contributed by atoms with Gasteiger partial charge in [-0.15, -0.1) is 0 Å². The maximum atomic E-state index is 6.58. The van der Waals surface area contributed by atoms with Gasteiger partial charge >= 0.3 is 0 Å². The van der Waals surface area contributed by atoms with Gasteiger partial charge in [-0.25, -0.2) is 0 Å². The molecule has 6 heteroatoms. The van der Waals surface area contributed by atoms with E-state index in [9.17, 15) is 0 Å². The fourth-order valence-corrected chi connectivity index (χ4v) is 5.72. The summed E-state index contributed by atoms with van der Waals surface area (Å²) in [4.78, 5) is 0. The molecule has 0 fully saturated rings. The van der Waals surface area contributed by atoms with Crippen molar-refractivity contribution >= 4 is 39.8 Å². The van der Waals surface area contributed by atoms with Crippen molar-refractivity contribution < 1.29 is 8.85 Å². The van der Waals surface area contributed by atoms with E-state index in [0.717, 1.165) is 49.0 Å². The van der Waals surface area contributed by atoms with Gasteiger partial charge in [-0.3, -0.25) is 0 Å². The van der Waals surface area contributed by atoms with Crippen LogP contribution in [0.15, 0.2) is 44.5 Å². The Balaban J connectivity index is 2.06. The largest absolute Gasteiger partial charge is 0.417 e. The normalized spacial score (nSPS) is 18.5. The quantitative estimate of drug-likeness (QED) is 0.311. The molecule has 0 amide bonds. The topological polar surface area (TPSA) is 18.5 Å². The highest BCUT2D eigenvalue weighted by Gasteiger charge is 2.28. The molecule has 0 N–H and O–H groups in total. The maximum absolute atomic E-state index is 6.58. The summed E-state index contributed by atoms with van der Waals surface area (Å²) in [6.07, 6.45) is 8.03. The van der Waals surface area contributed by atoms with Crippen LogP contribution < -0.4 is 0 Å². The van der Waals surface area contributed by atoms with Crippen LogP contribution in [0.5, 0.6) is 0 Å². The molecule has 0 aliphatic heterocycles. The summed E-state index contributed by atoms with van der Waals surface area (Å²) in [5, 5.41) is 1.94. The van der Waals surface area contributed by atoms with E-state index in [4.69, 9.17) is 32.1 Å². The number of allylic oxidation sites excluding steroid dienone is 6. The van der Waals surface area contributed by atoms with Crippen molar-refractivity contribution in [2.24, 2.45) is 5.92 Å². The molecular formula is C22H36Cl2O2Si2. The summed E-state index contributed by atoms with van der Waals surface area (Å²) in [6.45, 7) is 17.1. The number of hydrogen-bond acceptors (Lipinski definition) is 2. The third kappa shape index (κ3) is 7.00. The highest BCUT2D eigenvalue weighted by atomic mass is 35.5. The van der Waals surface area contributed by atoms with Crippen LogP contribution in [0.3, 0.4) is 0 Å². The van der Waals surface area contributed by atoms with Gasteiger partial charge in [0.2, 0.25) is 0 Å². The first kappa shape index (κ1) is 24.2. The van der Waals surface area contributed by atoms with E-state index in [2.05, 4.69) is 58.4 Å². The third-order valence-electron chi connectivity index (χ3n) is 5.06. The second-order valence-electron chi connectivity index (χ2n) is 9.64. The van der Waals surface area contributed by atoms with Gasteiger partial charge in [0.15, 0.2) is 16.6 Å². The standard InChI is InChI=1S/C22H36Cl2O2Si2/c1-16(17-8-10-21(23)19(17)12-14-25-27(2,3)4)18-9-11-22(24)20(18)13-15-26-28(5,6)7/h8-9,16H,10-15H2,1-7H3. The highest BCUT2D eigenvalue weighted by Crippen LogP contribution is 2.44. The fourth-order valence-electron chi connectivity index (χ4n) is 3.73. The molecule has 0 aromatic carbocycles. The van der Waals surface area contributed by atoms with Gasteiger partial charge in [0.05, 0.1) is 0 Å². The lowest BCUT2D eigenvalue weighted by Crippen LogP contribution is -2.26. The lowest BCUT2D eigenvalue weighted by atomic mass is 9.85. The average Bonchev–Trinajstić information content (AvgIpc) is 3.09. The zero-order valence-corrected chi connectivity index (χ0v) is 22.1. The zero-order valence-electron chi connectivity index (χ0n) is 18.5. The van der Waals surface area contributed by atoms with E-state index in [1.54, 1.807) is 0 Å². The molecule has 2 nitrogen and oxygen atoms in total. The van der Waals surface area contributed by atoms with Gasteiger partial charge in [-0.1, -0.05) is 42.3 Å². The van der Waals surface area contributed by atoms with Crippen molar-refractivity contribution in [3.63, 3.8) is 0 Å². The Morgan fingerprint density at radius 2 is 1.14 bits per heavy atom. The van der Waals surface area contributed by atoms with Crippen molar-refractivity contribution in [3.05, 3.63) is 44.5 Å². The second kappa shape index (κ2) is 9.80. The van der Waals surface area contributed by atoms with Crippen molar-refractivity contribution in [1.82, 2.24) is 0 Å². The van der Waals surface area contributed by atoms with Gasteiger partial charge in [0.1, 0.15) is 0 Å². The Morgan fingerprint density at radius 3 is 1.46 bits per heavy atom. The molecule has 0 heterocycles. The highest BCUT2D eigenvalue weighted by molar-refractivity contribution is 6.70. The Bertz CT molecular complexity index is 647. The predicted octanol–water partition coefficient (Wildman–Crippen LogP) is 7.75. The molecule has 0 saturated carbocycles. The van der Waals surface area contributed by atoms with Crippen LogP contribution in [-0.4, -0.2) is 29.8 Å². The Hall–Kier alpha value is -0.106. The summed E-state index contributed by atoms with van der Waals surface area (Å²) >= 11 is 13.2. The molecule has 0 saturated heterocycles. The fraction of sp³-hybridized carbons (Fsp3) is 0.636. The lowest BCUT2D eigenvalue weighted by Gasteiger charge is -2.23. The molecule has 0 atom stereocenters. The zero-order chi connectivity index (χ0) is 21.1. The predicted molar refractivity (Wildman–Crippen MR) is 128 cm³/mol. The molecule has 0 aromatic rings. The number of hydrogen-bond donors (Lipinski definition) is 0. The molecule has 2 aliphatic carbocycles. The SMILES string of the molecule is CC(C1=CCC(Cl)=C1CCO[Si](C)(C)C)C1=CCC(Cl)=C1CCO[Si](C)(C)C. The van der Waals surface area contributed by atoms with Crippen LogP contribution >= 0.6 is 23.2 Å². The van der Waals surface area contributed by atoms with Crippen LogP contribution in [0.25, 0.3) is 0 Å². The van der Waals surface area contributed by atoms with Crippen molar-refractivity contribution in [3.8, 4) is 0 Å². The number of rotatable bonds is 10. The molecule has 0 bridgehead atoms. The van der Waals surface area contributed by atoms with E-state index >= 15 is 0 Å². The Kier molecular flexibility index (Phi) is 8.46. The van der Waals surface area contributed by atoms with E-state index in [0.29, 0.717) is 5.92 Å². The van der Waals surface area contributed by atoms with Gasteiger partial charge in [-0.05, 0) is 74.4 Å². The van der Waals surface area contributed by atoms with Crippen molar-refractivity contribution in [1.29, 1.82) is 0 Å². The molecule has 2 aliphatic rings. The minimum Gasteiger partial charge on any atom is -0.417 e. The van der Waals surface area contributed by atoms with E-state index in [1.165, 1.54) is 22.3 Å². The molecule has 0 radical (unpaired) electrons. The molecule has 0 unspecified atom stereocenters. The molecule has 158 valence electrons. The summed E-state index contributed by atoms with van der Waals surface area (Å²) in [6, 6.07) is 0. The van der Waals surface area contributed by atoms with E-state index < -0.39 is 16.6 Å². The minimum absolute atomic E-state index is 0.302. The molecule has 0 spiro atoms. The monoisotopic (exact) mass is 458 g/mol. The molecule has 0 aromatic heterocycles. The Morgan fingerprint density at radius 1 is 0.786 bits per heavy atom. The summed E-state index contributed by atoms with van der Waals surface area (Å²) in [5.41, 5.74) is 5.25. The Labute approximate surface area is 183 Å². The molecule has 2 rings (SSSR count). The van der Waals surface area contributed by atoms with Gasteiger partial charge in [0.25, 0.3) is 0 Å². The van der Waals surface area contributed by atoms with Crippen LogP contribution in [0.1, 0.15) is 32.6 Å². The summed E-state index contributed by atoms with van der Waals surface area (Å²) < 4.78 is 12.2. The second-order valence-corrected chi connectivity index (χ2v) is 19.6. The van der Waals surface area contributed by atoms with Crippen LogP contribution in [0.2, 0.25) is 39.3 Å². The first-order valence-corrected chi connectivity index (χ1v) is 17.9. The maximum Gasteiger partial charge on any atom is 0.183 e. The van der Waals surface area contributed by atoms with E-state index in [-0.39, 0.29) is 0 Å². The van der Waals surface area contributed by atoms with Gasteiger partial charge < -0.3 is 8.85 Å². The van der Waals surface area contributed by atoms with Gasteiger partial charge in [-0.2, -0.15) is 0 Å². The minimum atomic E-state index is -1.51. The van der Waals surface area contributed by atoms with E-state index in [1.807, 2.05) is 0 Å². The molecular weight excluding hydrogens is 423 g/mol. The summed E-state index contributed by atoms with van der Waals surface area (Å²) in [5.74, 6) is 0.302. The van der Waals surface area contributed by atoms with Gasteiger partial charge in [0, 0.05) is 42.0 Å². The van der Waals surface area contributed by atoms with Crippen molar-refractivity contribution in [2.75, 3.05) is 13.2 Å². The first-order chi connectivity index (χ1) is 12.9. The number of halogens is 2. The van der Waals surface area contributed by atoms with Crippen LogP contribution in [-0.2, 0) is 8.85 Å². The smallest absolute Gasteiger partial charge is 0.183 e. The first-order valence-electron chi connectivity index (χ1n) is 10.3. The third-order valence-corrected chi connectivity index (χ3v) is 7.97. The van der Waals surface area contributed by atoms with Crippen molar-refractivity contribution in [2.45, 2.75) is 71.9 Å². The van der Waals surface area contributed by atoms with Crippen LogP contribution in [0.4, 0.5) is 0 Å². The summed E-state index contributed by atoms with van der Waals surface area (Å²) in [7, 11) is -3.02. The lowest BCUT2D eigenvalue weighted by molar-refractivity contribution is 0.315. The van der Waals surface area contributed by atoms with Crippen LogP contribution in [0, 0.1) is 5.92 Å².